The third kappa shape index (κ3) is 3.66. The first-order valence-electron chi connectivity index (χ1n) is 9.07. The van der Waals surface area contributed by atoms with Crippen LogP contribution in [0.5, 0.6) is 11.5 Å². The molecule has 2 aliphatic rings. The molecule has 0 fully saturated rings. The smallest absolute Gasteiger partial charge is 0.319 e. The maximum Gasteiger partial charge on any atom is 0.319 e. The molecule has 0 aliphatic carbocycles. The Labute approximate surface area is 180 Å². The Morgan fingerprint density at radius 1 is 0.900 bits per heavy atom. The van der Waals surface area contributed by atoms with Gasteiger partial charge in [-0.25, -0.2) is 0 Å². The molecule has 159 valence electrons. The number of nitro groups is 2. The topological polar surface area (TPSA) is 155 Å². The third-order valence-electron chi connectivity index (χ3n) is 5.20. The van der Waals surface area contributed by atoms with E-state index in [4.69, 9.17) is 0 Å². The zero-order valence-electron chi connectivity index (χ0n) is 15.6. The third-order valence-corrected chi connectivity index (χ3v) is 5.20. The minimum Gasteiger partial charge on any atom is -0.505 e. The van der Waals surface area contributed by atoms with Gasteiger partial charge in [0.25, 0.3) is 5.69 Å². The maximum atomic E-state index is 11.1. The average Bonchev–Trinajstić information content (AvgIpc) is 2.70. The van der Waals surface area contributed by atoms with Crippen molar-refractivity contribution in [1.82, 2.24) is 0 Å². The van der Waals surface area contributed by atoms with E-state index in [-0.39, 0.29) is 28.2 Å². The number of hydrogen-bond acceptors (Lipinski definition) is 9. The molecule has 2 aromatic carbocycles. The van der Waals surface area contributed by atoms with Gasteiger partial charge in [-0.2, -0.15) is 0 Å². The summed E-state index contributed by atoms with van der Waals surface area (Å²) in [4.78, 5) is 22.6. The van der Waals surface area contributed by atoms with Gasteiger partial charge in [-0.1, -0.05) is 0 Å². The number of phenols is 2. The second kappa shape index (κ2) is 8.24. The summed E-state index contributed by atoms with van der Waals surface area (Å²) < 4.78 is 0. The normalized spacial score (nSPS) is 14.9. The first kappa shape index (κ1) is 21.5. The van der Waals surface area contributed by atoms with E-state index in [0.717, 1.165) is 55.2 Å². The van der Waals surface area contributed by atoms with Crippen LogP contribution in [-0.4, -0.2) is 33.1 Å². The summed E-state index contributed by atoms with van der Waals surface area (Å²) in [5.41, 5.74) is 1.17. The van der Waals surface area contributed by atoms with Crippen LogP contribution in [-0.2, 0) is 29.6 Å². The number of aromatic hydroxyl groups is 2. The van der Waals surface area contributed by atoms with E-state index in [9.17, 15) is 30.4 Å². The number of phenolic OH excluding ortho intramolecular Hbond substituents is 2. The summed E-state index contributed by atoms with van der Waals surface area (Å²) >= 11 is 0. The van der Waals surface area contributed by atoms with Crippen molar-refractivity contribution < 1.29 is 36.8 Å². The number of nitro benzene ring substituents is 2. The number of azo groups is 1. The van der Waals surface area contributed by atoms with E-state index in [0.29, 0.717) is 12.5 Å². The van der Waals surface area contributed by atoms with Gasteiger partial charge in [-0.05, 0) is 37.3 Å². The summed E-state index contributed by atoms with van der Waals surface area (Å²) in [5.74, 6) is -0.854. The summed E-state index contributed by atoms with van der Waals surface area (Å²) in [7, 11) is 0. The van der Waals surface area contributed by atoms with Crippen molar-refractivity contribution >= 4 is 28.4 Å². The fraction of sp³-hybridized carbons (Fsp3) is 0.333. The van der Waals surface area contributed by atoms with E-state index in [1.54, 1.807) is 6.07 Å². The fourth-order valence-corrected chi connectivity index (χ4v) is 3.92. The average molecular weight is 458 g/mol. The van der Waals surface area contributed by atoms with Gasteiger partial charge in [-0.3, -0.25) is 20.2 Å². The Morgan fingerprint density at radius 3 is 2.17 bits per heavy atom. The van der Waals surface area contributed by atoms with E-state index >= 15 is 0 Å². The molecular formula is C18H17CoN5O6. The Balaban J connectivity index is 0.00000256. The van der Waals surface area contributed by atoms with Crippen molar-refractivity contribution in [2.45, 2.75) is 25.7 Å². The molecule has 0 saturated carbocycles. The second-order valence-electron chi connectivity index (χ2n) is 6.97. The number of non-ortho nitro benzene ring substituents is 1. The maximum absolute atomic E-state index is 11.1. The van der Waals surface area contributed by atoms with E-state index in [2.05, 4.69) is 15.1 Å². The van der Waals surface area contributed by atoms with Gasteiger partial charge in [0.15, 0.2) is 0 Å². The number of anilines is 1. The molecule has 12 heteroatoms. The van der Waals surface area contributed by atoms with Crippen LogP contribution in [0.3, 0.4) is 0 Å². The van der Waals surface area contributed by atoms with Gasteiger partial charge in [0, 0.05) is 47.2 Å². The van der Waals surface area contributed by atoms with Crippen molar-refractivity contribution in [3.05, 3.63) is 49.6 Å². The SMILES string of the molecule is O=[N+]([O-])c1cc(N=Nc2cc3c4c(c2O)CCCN4CCC3)c(O)c([N+](=O)[O-])c1.[Co]. The summed E-state index contributed by atoms with van der Waals surface area (Å²) in [6.07, 6.45) is 3.40. The van der Waals surface area contributed by atoms with Crippen LogP contribution in [0.25, 0.3) is 0 Å². The van der Waals surface area contributed by atoms with E-state index in [1.807, 2.05) is 0 Å². The van der Waals surface area contributed by atoms with Gasteiger partial charge in [-0.15, -0.1) is 10.2 Å². The first-order valence-corrected chi connectivity index (χ1v) is 9.07. The molecule has 0 aromatic heterocycles. The number of hydrogen-bond donors (Lipinski definition) is 2. The van der Waals surface area contributed by atoms with Gasteiger partial charge >= 0.3 is 5.69 Å². The van der Waals surface area contributed by atoms with Crippen LogP contribution in [0.15, 0.2) is 28.4 Å². The van der Waals surface area contributed by atoms with Gasteiger partial charge in [0.2, 0.25) is 5.75 Å². The molecule has 0 spiro atoms. The van der Waals surface area contributed by atoms with Crippen LogP contribution < -0.4 is 4.90 Å². The molecule has 30 heavy (non-hydrogen) atoms. The molecule has 2 heterocycles. The van der Waals surface area contributed by atoms with Crippen molar-refractivity contribution in [2.75, 3.05) is 18.0 Å². The van der Waals surface area contributed by atoms with Crippen LogP contribution in [0, 0.1) is 20.2 Å². The Bertz CT molecular complexity index is 1070. The molecule has 4 rings (SSSR count). The second-order valence-corrected chi connectivity index (χ2v) is 6.97. The minimum atomic E-state index is -0.934. The Kier molecular flexibility index (Phi) is 5.89. The summed E-state index contributed by atoms with van der Waals surface area (Å²) in [6, 6.07) is 3.26. The fourth-order valence-electron chi connectivity index (χ4n) is 3.92. The molecule has 0 unspecified atom stereocenters. The predicted octanol–water partition coefficient (Wildman–Crippen LogP) is 4.03. The Hall–Kier alpha value is -3.25. The van der Waals surface area contributed by atoms with E-state index in [1.165, 1.54) is 0 Å². The van der Waals surface area contributed by atoms with Crippen LogP contribution in [0.4, 0.5) is 28.4 Å². The van der Waals surface area contributed by atoms with Gasteiger partial charge in [0.1, 0.15) is 17.1 Å². The van der Waals surface area contributed by atoms with Crippen LogP contribution >= 0.6 is 0 Å². The standard InChI is InChI=1S/C18H17N5O6.Co/c24-17-12-4-2-6-21-5-1-3-10(16(12)21)7-13(17)19-20-14-8-11(22(26)27)9-15(18(14)25)23(28)29;/h7-9,24-25H,1-6H2;. The summed E-state index contributed by atoms with van der Waals surface area (Å²) in [5, 5.41) is 50.6. The van der Waals surface area contributed by atoms with Crippen molar-refractivity contribution in [3.8, 4) is 11.5 Å². The number of rotatable bonds is 4. The van der Waals surface area contributed by atoms with E-state index < -0.39 is 32.7 Å². The molecular weight excluding hydrogens is 441 g/mol. The van der Waals surface area contributed by atoms with Gasteiger partial charge < -0.3 is 15.1 Å². The molecule has 0 saturated heterocycles. The zero-order valence-corrected chi connectivity index (χ0v) is 16.6. The Morgan fingerprint density at radius 2 is 1.53 bits per heavy atom. The molecule has 2 N–H and O–H groups in total. The number of aryl methyl sites for hydroxylation is 1. The molecule has 0 atom stereocenters. The van der Waals surface area contributed by atoms with Crippen molar-refractivity contribution in [3.63, 3.8) is 0 Å². The molecule has 2 aliphatic heterocycles. The quantitative estimate of drug-likeness (QED) is 0.398. The summed E-state index contributed by atoms with van der Waals surface area (Å²) in [6.45, 7) is 1.87. The largest absolute Gasteiger partial charge is 0.505 e. The molecule has 11 nitrogen and oxygen atoms in total. The minimum absolute atomic E-state index is 0. The monoisotopic (exact) mass is 458 g/mol. The van der Waals surface area contributed by atoms with Crippen LogP contribution in [0.1, 0.15) is 24.0 Å². The van der Waals surface area contributed by atoms with Gasteiger partial charge in [0.05, 0.1) is 15.9 Å². The molecule has 2 aromatic rings. The van der Waals surface area contributed by atoms with Crippen LogP contribution in [0.2, 0.25) is 0 Å². The number of benzene rings is 2. The molecule has 0 bridgehead atoms. The predicted molar refractivity (Wildman–Crippen MR) is 103 cm³/mol. The first-order chi connectivity index (χ1) is 13.9. The van der Waals surface area contributed by atoms with Crippen molar-refractivity contribution in [1.29, 1.82) is 0 Å². The molecule has 0 amide bonds. The molecule has 1 radical (unpaired) electrons. The number of nitrogens with zero attached hydrogens (tertiary/aromatic N) is 5. The van der Waals surface area contributed by atoms with Crippen molar-refractivity contribution in [2.24, 2.45) is 10.2 Å². The zero-order chi connectivity index (χ0) is 20.7.